The van der Waals surface area contributed by atoms with Gasteiger partial charge in [-0.25, -0.2) is 14.7 Å². The van der Waals surface area contributed by atoms with Crippen LogP contribution in [0.15, 0.2) is 36.5 Å². The Morgan fingerprint density at radius 1 is 1.14 bits per heavy atom. The van der Waals surface area contributed by atoms with Crippen LogP contribution in [-0.4, -0.2) is 49.4 Å². The van der Waals surface area contributed by atoms with Gasteiger partial charge in [-0.2, -0.15) is 4.98 Å². The lowest BCUT2D eigenvalue weighted by Gasteiger charge is -2.23. The molecule has 0 aliphatic rings. The predicted octanol–water partition coefficient (Wildman–Crippen LogP) is 3.58. The average Bonchev–Trinajstić information content (AvgIpc) is 2.68. The van der Waals surface area contributed by atoms with E-state index < -0.39 is 0 Å². The van der Waals surface area contributed by atoms with Gasteiger partial charge in [0.05, 0.1) is 12.8 Å². The van der Waals surface area contributed by atoms with E-state index >= 15 is 0 Å². The molecule has 2 aromatic rings. The number of benzene rings is 1. The van der Waals surface area contributed by atoms with E-state index in [4.69, 9.17) is 9.47 Å². The second kappa shape index (κ2) is 11.1. The second-order valence-corrected chi connectivity index (χ2v) is 6.50. The zero-order chi connectivity index (χ0) is 20.4. The van der Waals surface area contributed by atoms with Crippen molar-refractivity contribution < 1.29 is 14.3 Å². The standard InChI is InChI=1S/C20H29N5O3/c1-15(2)23-19-21-13-11-18(24-19)25(16-7-9-17(28-4)10-8-16)20(26)22-12-5-6-14-27-3/h7-11,13,15H,5-6,12,14H2,1-4H3,(H,22,26)(H,21,23,24). The quantitative estimate of drug-likeness (QED) is 0.606. The molecule has 0 bridgehead atoms. The third kappa shape index (κ3) is 6.38. The Kier molecular flexibility index (Phi) is 8.48. The molecule has 0 aliphatic carbocycles. The topological polar surface area (TPSA) is 88.6 Å². The van der Waals surface area contributed by atoms with E-state index in [-0.39, 0.29) is 12.1 Å². The largest absolute Gasteiger partial charge is 0.497 e. The number of aromatic nitrogens is 2. The maximum Gasteiger partial charge on any atom is 0.327 e. The fraction of sp³-hybridized carbons (Fsp3) is 0.450. The lowest BCUT2D eigenvalue weighted by molar-refractivity contribution is 0.192. The summed E-state index contributed by atoms with van der Waals surface area (Å²) in [5.74, 6) is 1.67. The molecular formula is C20H29N5O3. The summed E-state index contributed by atoms with van der Waals surface area (Å²) in [6.45, 7) is 5.24. The Hall–Kier alpha value is -2.87. The van der Waals surface area contributed by atoms with Gasteiger partial charge in [0.25, 0.3) is 0 Å². The Bertz CT molecular complexity index is 737. The fourth-order valence-corrected chi connectivity index (χ4v) is 2.53. The molecule has 1 aromatic heterocycles. The zero-order valence-electron chi connectivity index (χ0n) is 16.9. The zero-order valence-corrected chi connectivity index (χ0v) is 16.9. The van der Waals surface area contributed by atoms with Gasteiger partial charge < -0.3 is 20.1 Å². The number of amides is 2. The SMILES string of the molecule is COCCCCNC(=O)N(c1ccc(OC)cc1)c1ccnc(NC(C)C)n1. The van der Waals surface area contributed by atoms with E-state index in [2.05, 4.69) is 20.6 Å². The molecular weight excluding hydrogens is 358 g/mol. The normalized spacial score (nSPS) is 10.6. The summed E-state index contributed by atoms with van der Waals surface area (Å²) in [7, 11) is 3.27. The minimum Gasteiger partial charge on any atom is -0.497 e. The minimum absolute atomic E-state index is 0.180. The molecule has 8 nitrogen and oxygen atoms in total. The van der Waals surface area contributed by atoms with Crippen molar-refractivity contribution in [3.8, 4) is 5.75 Å². The van der Waals surface area contributed by atoms with Crippen molar-refractivity contribution in [3.63, 3.8) is 0 Å². The molecule has 0 fully saturated rings. The lowest BCUT2D eigenvalue weighted by atomic mass is 10.2. The number of methoxy groups -OCH3 is 2. The molecule has 28 heavy (non-hydrogen) atoms. The first-order chi connectivity index (χ1) is 13.5. The van der Waals surface area contributed by atoms with E-state index in [0.29, 0.717) is 36.4 Å². The Labute approximate surface area is 166 Å². The molecule has 8 heteroatoms. The van der Waals surface area contributed by atoms with Crippen LogP contribution < -0.4 is 20.3 Å². The molecule has 0 saturated heterocycles. The van der Waals surface area contributed by atoms with Gasteiger partial charge in [-0.05, 0) is 51.0 Å². The van der Waals surface area contributed by atoms with Crippen molar-refractivity contribution in [2.75, 3.05) is 37.6 Å². The van der Waals surface area contributed by atoms with Crippen LogP contribution >= 0.6 is 0 Å². The molecule has 152 valence electrons. The third-order valence-corrected chi connectivity index (χ3v) is 3.87. The highest BCUT2D eigenvalue weighted by Crippen LogP contribution is 2.26. The molecule has 0 aliphatic heterocycles. The van der Waals surface area contributed by atoms with Crippen LogP contribution in [0.3, 0.4) is 0 Å². The van der Waals surface area contributed by atoms with Gasteiger partial charge in [-0.3, -0.25) is 0 Å². The summed E-state index contributed by atoms with van der Waals surface area (Å²) in [6, 6.07) is 8.89. The van der Waals surface area contributed by atoms with Crippen molar-refractivity contribution in [1.82, 2.24) is 15.3 Å². The first-order valence-corrected chi connectivity index (χ1v) is 9.35. The maximum absolute atomic E-state index is 12.9. The van der Waals surface area contributed by atoms with Crippen molar-refractivity contribution in [2.45, 2.75) is 32.7 Å². The first-order valence-electron chi connectivity index (χ1n) is 9.35. The monoisotopic (exact) mass is 387 g/mol. The van der Waals surface area contributed by atoms with Gasteiger partial charge in [-0.15, -0.1) is 0 Å². The second-order valence-electron chi connectivity index (χ2n) is 6.50. The van der Waals surface area contributed by atoms with Crippen LogP contribution in [-0.2, 0) is 4.74 Å². The number of hydrogen-bond donors (Lipinski definition) is 2. The van der Waals surface area contributed by atoms with Crippen LogP contribution in [0.5, 0.6) is 5.75 Å². The molecule has 0 saturated carbocycles. The van der Waals surface area contributed by atoms with Gasteiger partial charge in [0, 0.05) is 38.6 Å². The van der Waals surface area contributed by atoms with Crippen LogP contribution in [0.1, 0.15) is 26.7 Å². The Morgan fingerprint density at radius 3 is 2.54 bits per heavy atom. The fourth-order valence-electron chi connectivity index (χ4n) is 2.53. The van der Waals surface area contributed by atoms with Crippen molar-refractivity contribution in [1.29, 1.82) is 0 Å². The minimum atomic E-state index is -0.253. The van der Waals surface area contributed by atoms with E-state index in [1.54, 1.807) is 26.5 Å². The summed E-state index contributed by atoms with van der Waals surface area (Å²) in [4.78, 5) is 23.2. The van der Waals surface area contributed by atoms with E-state index in [9.17, 15) is 4.79 Å². The molecule has 1 heterocycles. The van der Waals surface area contributed by atoms with Gasteiger partial charge >= 0.3 is 6.03 Å². The summed E-state index contributed by atoms with van der Waals surface area (Å²) in [5.41, 5.74) is 0.685. The summed E-state index contributed by atoms with van der Waals surface area (Å²) < 4.78 is 10.3. The molecule has 0 radical (unpaired) electrons. The van der Waals surface area contributed by atoms with Gasteiger partial charge in [0.1, 0.15) is 11.6 Å². The van der Waals surface area contributed by atoms with Gasteiger partial charge in [0.15, 0.2) is 0 Å². The summed E-state index contributed by atoms with van der Waals surface area (Å²) >= 11 is 0. The Balaban J connectivity index is 2.24. The average molecular weight is 387 g/mol. The van der Waals surface area contributed by atoms with Gasteiger partial charge in [-0.1, -0.05) is 0 Å². The first kappa shape index (κ1) is 21.4. The summed E-state index contributed by atoms with van der Waals surface area (Å²) in [5, 5.41) is 6.11. The number of anilines is 3. The molecule has 0 spiro atoms. The van der Waals surface area contributed by atoms with Crippen LogP contribution in [0.4, 0.5) is 22.2 Å². The maximum atomic E-state index is 12.9. The van der Waals surface area contributed by atoms with Crippen molar-refractivity contribution >= 4 is 23.5 Å². The number of ether oxygens (including phenoxy) is 2. The van der Waals surface area contributed by atoms with E-state index in [1.807, 2.05) is 38.1 Å². The van der Waals surface area contributed by atoms with E-state index in [1.165, 1.54) is 4.90 Å². The Morgan fingerprint density at radius 2 is 1.89 bits per heavy atom. The molecule has 2 rings (SSSR count). The molecule has 0 atom stereocenters. The van der Waals surface area contributed by atoms with Crippen LogP contribution in [0.25, 0.3) is 0 Å². The lowest BCUT2D eigenvalue weighted by Crippen LogP contribution is -2.38. The van der Waals surface area contributed by atoms with Crippen molar-refractivity contribution in [2.24, 2.45) is 0 Å². The number of rotatable bonds is 10. The van der Waals surface area contributed by atoms with Crippen LogP contribution in [0.2, 0.25) is 0 Å². The van der Waals surface area contributed by atoms with E-state index in [0.717, 1.165) is 12.8 Å². The van der Waals surface area contributed by atoms with Gasteiger partial charge in [0.2, 0.25) is 5.95 Å². The smallest absolute Gasteiger partial charge is 0.327 e. The van der Waals surface area contributed by atoms with Crippen molar-refractivity contribution in [3.05, 3.63) is 36.5 Å². The number of urea groups is 1. The number of carbonyl (C=O) groups excluding carboxylic acids is 1. The number of unbranched alkanes of at least 4 members (excludes halogenated alkanes) is 1. The number of hydrogen-bond acceptors (Lipinski definition) is 6. The molecule has 2 amide bonds. The third-order valence-electron chi connectivity index (χ3n) is 3.87. The predicted molar refractivity (Wildman–Crippen MR) is 110 cm³/mol. The molecule has 2 N–H and O–H groups in total. The highest BCUT2D eigenvalue weighted by atomic mass is 16.5. The highest BCUT2D eigenvalue weighted by molar-refractivity contribution is 5.98. The number of nitrogens with zero attached hydrogens (tertiary/aromatic N) is 3. The molecule has 1 aromatic carbocycles. The molecule has 0 unspecified atom stereocenters. The number of nitrogens with one attached hydrogen (secondary N) is 2. The van der Waals surface area contributed by atoms with Crippen LogP contribution in [0, 0.1) is 0 Å². The highest BCUT2D eigenvalue weighted by Gasteiger charge is 2.20. The number of carbonyl (C=O) groups is 1. The summed E-state index contributed by atoms with van der Waals surface area (Å²) in [6.07, 6.45) is 3.35.